The van der Waals surface area contributed by atoms with Crippen molar-refractivity contribution in [3.8, 4) is 5.75 Å². The number of methoxy groups -OCH3 is 1. The van der Waals surface area contributed by atoms with Gasteiger partial charge in [0.05, 0.1) is 12.6 Å². The first-order valence-corrected chi connectivity index (χ1v) is 9.48. The lowest BCUT2D eigenvalue weighted by atomic mass is 9.88. The first-order valence-electron chi connectivity index (χ1n) is 9.48. The Labute approximate surface area is 173 Å². The minimum Gasteiger partial charge on any atom is -0.494 e. The molecule has 164 valence electrons. The van der Waals surface area contributed by atoms with Crippen molar-refractivity contribution in [1.82, 2.24) is 4.57 Å². The van der Waals surface area contributed by atoms with Crippen molar-refractivity contribution in [2.75, 3.05) is 7.11 Å². The average Bonchev–Trinajstić information content (AvgIpc) is 2.66. The maximum atomic E-state index is 13.6. The number of hydrogen-bond acceptors (Lipinski definition) is 3. The van der Waals surface area contributed by atoms with E-state index in [0.717, 1.165) is 19.8 Å². The van der Waals surface area contributed by atoms with Gasteiger partial charge in [-0.1, -0.05) is 39.0 Å². The van der Waals surface area contributed by atoms with Crippen molar-refractivity contribution < 1.29 is 23.0 Å². The molecule has 3 aromatic rings. The van der Waals surface area contributed by atoms with E-state index in [4.69, 9.17) is 4.74 Å². The summed E-state index contributed by atoms with van der Waals surface area (Å²) >= 11 is 0. The average molecular weight is 423 g/mol. The van der Waals surface area contributed by atoms with E-state index in [0.29, 0.717) is 28.2 Å². The maximum Gasteiger partial charge on any atom is 0.421 e. The lowest BCUT2D eigenvalue weighted by molar-refractivity contribution is -0.259. The van der Waals surface area contributed by atoms with Gasteiger partial charge in [0.15, 0.2) is 5.60 Å². The summed E-state index contributed by atoms with van der Waals surface area (Å²) in [4.78, 5) is 13.1. The molecule has 0 aliphatic rings. The van der Waals surface area contributed by atoms with Crippen molar-refractivity contribution in [3.05, 3.63) is 51.8 Å². The Morgan fingerprint density at radius 3 is 2.27 bits per heavy atom. The Morgan fingerprint density at radius 2 is 1.73 bits per heavy atom. The molecule has 0 saturated heterocycles. The van der Waals surface area contributed by atoms with Crippen LogP contribution in [-0.2, 0) is 12.1 Å². The summed E-state index contributed by atoms with van der Waals surface area (Å²) in [6.07, 6.45) is -3.29. The van der Waals surface area contributed by atoms with Gasteiger partial charge in [-0.05, 0) is 48.9 Å². The van der Waals surface area contributed by atoms with Gasteiger partial charge >= 0.3 is 6.18 Å². The molecule has 30 heavy (non-hydrogen) atoms. The lowest BCUT2D eigenvalue weighted by Gasteiger charge is -2.30. The van der Waals surface area contributed by atoms with Crippen LogP contribution in [0.1, 0.15) is 45.2 Å². The second-order valence-corrected chi connectivity index (χ2v) is 7.40. The number of aryl methyl sites for hydroxylation is 1. The largest absolute Gasteiger partial charge is 0.494 e. The minimum atomic E-state index is -4.87. The number of nitrogens with zero attached hydrogens (tertiary/aromatic N) is 1. The number of pyridine rings is 1. The zero-order valence-corrected chi connectivity index (χ0v) is 16.9. The fraction of sp³-hybridized carbons (Fsp3) is 0.435. The molecule has 0 bridgehead atoms. The lowest BCUT2D eigenvalue weighted by Crippen LogP contribution is -2.40. The van der Waals surface area contributed by atoms with Crippen LogP contribution in [0.4, 0.5) is 13.2 Å². The SMILES string of the molecule is C.CCCCn1c(=O)c2ccccc2c2cc(C(C)(O)C(F)(F)F)c(C)c(OC)c21. The van der Waals surface area contributed by atoms with Crippen molar-refractivity contribution in [2.45, 2.75) is 59.4 Å². The Kier molecular flexibility index (Phi) is 6.57. The summed E-state index contributed by atoms with van der Waals surface area (Å²) in [5, 5.41) is 11.8. The van der Waals surface area contributed by atoms with E-state index in [1.165, 1.54) is 20.1 Å². The smallest absolute Gasteiger partial charge is 0.421 e. The quantitative estimate of drug-likeness (QED) is 0.538. The molecule has 0 aliphatic carbocycles. The van der Waals surface area contributed by atoms with Gasteiger partial charge in [-0.3, -0.25) is 4.79 Å². The summed E-state index contributed by atoms with van der Waals surface area (Å²) in [7, 11) is 1.36. The summed E-state index contributed by atoms with van der Waals surface area (Å²) in [6, 6.07) is 8.14. The molecular weight excluding hydrogens is 395 g/mol. The molecule has 0 aliphatic heterocycles. The molecule has 0 radical (unpaired) electrons. The first-order chi connectivity index (χ1) is 13.6. The van der Waals surface area contributed by atoms with E-state index >= 15 is 0 Å². The van der Waals surface area contributed by atoms with Crippen LogP contribution < -0.4 is 10.3 Å². The number of benzene rings is 2. The van der Waals surface area contributed by atoms with Crippen LogP contribution in [-0.4, -0.2) is 23.0 Å². The topological polar surface area (TPSA) is 51.5 Å². The molecule has 0 fully saturated rings. The van der Waals surface area contributed by atoms with Crippen molar-refractivity contribution in [1.29, 1.82) is 0 Å². The van der Waals surface area contributed by atoms with Crippen molar-refractivity contribution in [2.24, 2.45) is 0 Å². The molecule has 1 heterocycles. The van der Waals surface area contributed by atoms with Crippen molar-refractivity contribution in [3.63, 3.8) is 0 Å². The highest BCUT2D eigenvalue weighted by molar-refractivity contribution is 6.08. The maximum absolute atomic E-state index is 13.6. The number of alkyl halides is 3. The zero-order chi connectivity index (χ0) is 21.6. The predicted octanol–water partition coefficient (Wildman–Crippen LogP) is 5.68. The first kappa shape index (κ1) is 23.7. The predicted molar refractivity (Wildman–Crippen MR) is 114 cm³/mol. The van der Waals surface area contributed by atoms with Gasteiger partial charge in [0.2, 0.25) is 0 Å². The molecule has 3 rings (SSSR count). The van der Waals surface area contributed by atoms with Crippen molar-refractivity contribution >= 4 is 21.7 Å². The minimum absolute atomic E-state index is 0. The molecule has 0 saturated carbocycles. The van der Waals surface area contributed by atoms with Crippen LogP contribution >= 0.6 is 0 Å². The third-order valence-corrected chi connectivity index (χ3v) is 5.48. The highest BCUT2D eigenvalue weighted by Crippen LogP contribution is 2.45. The molecule has 7 heteroatoms. The fourth-order valence-electron chi connectivity index (χ4n) is 3.81. The second-order valence-electron chi connectivity index (χ2n) is 7.40. The molecule has 1 N–H and O–H groups in total. The van der Waals surface area contributed by atoms with E-state index in [-0.39, 0.29) is 29.9 Å². The van der Waals surface area contributed by atoms with Crippen LogP contribution in [0.25, 0.3) is 21.7 Å². The van der Waals surface area contributed by atoms with E-state index in [1.807, 2.05) is 6.92 Å². The monoisotopic (exact) mass is 423 g/mol. The Bertz CT molecular complexity index is 1130. The normalized spacial score (nSPS) is 13.9. The van der Waals surface area contributed by atoms with Gasteiger partial charge in [0.25, 0.3) is 5.56 Å². The molecule has 1 aromatic heterocycles. The van der Waals surface area contributed by atoms with E-state index in [1.54, 1.807) is 28.8 Å². The van der Waals surface area contributed by atoms with Crippen LogP contribution in [0.15, 0.2) is 35.1 Å². The van der Waals surface area contributed by atoms with Crippen LogP contribution in [0, 0.1) is 6.92 Å². The van der Waals surface area contributed by atoms with Crippen LogP contribution in [0.5, 0.6) is 5.75 Å². The highest BCUT2D eigenvalue weighted by atomic mass is 19.4. The molecule has 0 spiro atoms. The number of aliphatic hydroxyl groups is 1. The third-order valence-electron chi connectivity index (χ3n) is 5.48. The summed E-state index contributed by atoms with van der Waals surface area (Å²) in [5.41, 5.74) is -2.97. The number of ether oxygens (including phenoxy) is 1. The second kappa shape index (κ2) is 8.30. The summed E-state index contributed by atoms with van der Waals surface area (Å²) in [6.45, 7) is 4.62. The molecule has 0 amide bonds. The number of fused-ring (bicyclic) bond motifs is 3. The number of hydrogen-bond donors (Lipinski definition) is 1. The number of rotatable bonds is 5. The Balaban J connectivity index is 0.00000320. The van der Waals surface area contributed by atoms with E-state index < -0.39 is 11.8 Å². The van der Waals surface area contributed by atoms with Gasteiger partial charge in [-0.15, -0.1) is 0 Å². The number of aromatic nitrogens is 1. The fourth-order valence-corrected chi connectivity index (χ4v) is 3.81. The highest BCUT2D eigenvalue weighted by Gasteiger charge is 2.52. The van der Waals surface area contributed by atoms with E-state index in [9.17, 15) is 23.1 Å². The van der Waals surface area contributed by atoms with Crippen LogP contribution in [0.2, 0.25) is 0 Å². The van der Waals surface area contributed by atoms with Gasteiger partial charge in [0, 0.05) is 17.3 Å². The molecule has 1 atom stereocenters. The van der Waals surface area contributed by atoms with Gasteiger partial charge in [-0.25, -0.2) is 0 Å². The third kappa shape index (κ3) is 3.55. The Hall–Kier alpha value is -2.54. The van der Waals surface area contributed by atoms with Gasteiger partial charge in [-0.2, -0.15) is 13.2 Å². The standard InChI is InChI=1S/C22H24F3NO3.CH4/c1-5-6-11-26-18-16(14-9-7-8-10-15(14)20(26)27)12-17(13(2)19(18)29-4)21(3,28)22(23,24)25;/h7-10,12,28H,5-6,11H2,1-4H3;1H4. The van der Waals surface area contributed by atoms with E-state index in [2.05, 4.69) is 0 Å². The molecule has 1 unspecified atom stereocenters. The zero-order valence-electron chi connectivity index (χ0n) is 16.9. The molecular formula is C23H28F3NO3. The summed E-state index contributed by atoms with van der Waals surface area (Å²) in [5.74, 6) is 0.168. The van der Waals surface area contributed by atoms with Crippen LogP contribution in [0.3, 0.4) is 0 Å². The Morgan fingerprint density at radius 1 is 1.13 bits per heavy atom. The molecule has 2 aromatic carbocycles. The summed E-state index contributed by atoms with van der Waals surface area (Å²) < 4.78 is 47.9. The van der Waals surface area contributed by atoms with Gasteiger partial charge < -0.3 is 14.4 Å². The molecule has 4 nitrogen and oxygen atoms in total. The number of halogens is 3. The van der Waals surface area contributed by atoms with Gasteiger partial charge in [0.1, 0.15) is 5.75 Å². The number of unbranched alkanes of at least 4 members (excludes halogenated alkanes) is 1.